The maximum Gasteiger partial charge on any atom is 0.142 e. The van der Waals surface area contributed by atoms with Gasteiger partial charge in [-0.05, 0) is 26.1 Å². The summed E-state index contributed by atoms with van der Waals surface area (Å²) in [5.41, 5.74) is 0.250. The molecule has 1 heterocycles. The van der Waals surface area contributed by atoms with E-state index in [2.05, 4.69) is 10.3 Å². The summed E-state index contributed by atoms with van der Waals surface area (Å²) >= 11 is 5.57. The maximum atomic E-state index is 14.0. The van der Waals surface area contributed by atoms with Crippen LogP contribution in [-0.4, -0.2) is 16.6 Å². The minimum atomic E-state index is -0.623. The third kappa shape index (κ3) is 2.99. The van der Waals surface area contributed by atoms with E-state index in [4.69, 9.17) is 11.6 Å². The van der Waals surface area contributed by atoms with Crippen LogP contribution in [0.3, 0.4) is 0 Å². The van der Waals surface area contributed by atoms with Gasteiger partial charge in [0.15, 0.2) is 0 Å². The number of rotatable bonds is 5. The molecule has 1 aromatic heterocycles. The molecule has 1 N–H and O–H groups in total. The Bertz CT molecular complexity index is 598. The first-order valence-electron chi connectivity index (χ1n) is 6.38. The number of aryl methyl sites for hydroxylation is 1. The average molecular weight is 300 g/mol. The molecule has 2 aromatic rings. The van der Waals surface area contributed by atoms with E-state index in [1.165, 1.54) is 0 Å². The molecule has 0 aliphatic carbocycles. The molecule has 0 saturated carbocycles. The third-order valence-corrected chi connectivity index (χ3v) is 3.58. The Morgan fingerprint density at radius 3 is 2.75 bits per heavy atom. The predicted molar refractivity (Wildman–Crippen MR) is 74.8 cm³/mol. The van der Waals surface area contributed by atoms with Gasteiger partial charge >= 0.3 is 0 Å². The SMILES string of the molecule is CCn1ccnc1CC(NC)c1cc(F)c(Cl)cc1F. The summed E-state index contributed by atoms with van der Waals surface area (Å²) in [4.78, 5) is 4.25. The summed E-state index contributed by atoms with van der Waals surface area (Å²) in [5.74, 6) is -0.325. The van der Waals surface area contributed by atoms with Crippen molar-refractivity contribution in [2.45, 2.75) is 25.9 Å². The maximum absolute atomic E-state index is 14.0. The van der Waals surface area contributed by atoms with E-state index < -0.39 is 11.6 Å². The second kappa shape index (κ2) is 6.33. The van der Waals surface area contributed by atoms with E-state index in [9.17, 15) is 8.78 Å². The fraction of sp³-hybridized carbons (Fsp3) is 0.357. The minimum absolute atomic E-state index is 0.212. The molecule has 0 saturated heterocycles. The zero-order valence-corrected chi connectivity index (χ0v) is 12.1. The molecule has 6 heteroatoms. The Balaban J connectivity index is 2.31. The van der Waals surface area contributed by atoms with Gasteiger partial charge in [0, 0.05) is 37.0 Å². The zero-order valence-electron chi connectivity index (χ0n) is 11.3. The van der Waals surface area contributed by atoms with E-state index in [0.29, 0.717) is 6.42 Å². The minimum Gasteiger partial charge on any atom is -0.335 e. The molecule has 0 aliphatic heterocycles. The number of nitrogens with one attached hydrogen (secondary N) is 1. The zero-order chi connectivity index (χ0) is 14.7. The lowest BCUT2D eigenvalue weighted by Gasteiger charge is -2.18. The number of nitrogens with zero attached hydrogens (tertiary/aromatic N) is 2. The number of halogens is 3. The van der Waals surface area contributed by atoms with Crippen LogP contribution in [0.1, 0.15) is 24.4 Å². The first-order chi connectivity index (χ1) is 9.56. The summed E-state index contributed by atoms with van der Waals surface area (Å²) in [5, 5.41) is 2.78. The fourth-order valence-corrected chi connectivity index (χ4v) is 2.32. The van der Waals surface area contributed by atoms with Crippen LogP contribution in [0.5, 0.6) is 0 Å². The second-order valence-corrected chi connectivity index (χ2v) is 4.87. The van der Waals surface area contributed by atoms with E-state index in [0.717, 1.165) is 24.5 Å². The van der Waals surface area contributed by atoms with Gasteiger partial charge in [-0.3, -0.25) is 0 Å². The molecule has 20 heavy (non-hydrogen) atoms. The van der Waals surface area contributed by atoms with E-state index in [1.807, 2.05) is 17.7 Å². The van der Waals surface area contributed by atoms with Crippen molar-refractivity contribution in [3.05, 3.63) is 52.6 Å². The van der Waals surface area contributed by atoms with Crippen molar-refractivity contribution in [3.63, 3.8) is 0 Å². The number of likely N-dealkylation sites (N-methyl/N-ethyl adjacent to an activating group) is 1. The van der Waals surface area contributed by atoms with Gasteiger partial charge in [0.05, 0.1) is 5.02 Å². The molecule has 108 valence electrons. The number of hydrogen-bond acceptors (Lipinski definition) is 2. The van der Waals surface area contributed by atoms with Crippen LogP contribution in [0.4, 0.5) is 8.78 Å². The largest absolute Gasteiger partial charge is 0.335 e. The van der Waals surface area contributed by atoms with Gasteiger partial charge in [-0.15, -0.1) is 0 Å². The van der Waals surface area contributed by atoms with Crippen molar-refractivity contribution in [3.8, 4) is 0 Å². The monoisotopic (exact) mass is 299 g/mol. The van der Waals surface area contributed by atoms with Gasteiger partial charge in [-0.1, -0.05) is 11.6 Å². The smallest absolute Gasteiger partial charge is 0.142 e. The van der Waals surface area contributed by atoms with Crippen LogP contribution in [0.15, 0.2) is 24.5 Å². The van der Waals surface area contributed by atoms with Crippen molar-refractivity contribution in [2.24, 2.45) is 0 Å². The normalized spacial score (nSPS) is 12.7. The topological polar surface area (TPSA) is 29.9 Å². The molecule has 0 fully saturated rings. The molecular formula is C14H16ClF2N3. The van der Waals surface area contributed by atoms with Gasteiger partial charge in [0.2, 0.25) is 0 Å². The van der Waals surface area contributed by atoms with Crippen LogP contribution in [0.2, 0.25) is 5.02 Å². The molecule has 0 bridgehead atoms. The molecule has 0 radical (unpaired) electrons. The Kier molecular flexibility index (Phi) is 4.73. The van der Waals surface area contributed by atoms with E-state index >= 15 is 0 Å². The molecular weight excluding hydrogens is 284 g/mol. The molecule has 1 unspecified atom stereocenters. The standard InChI is InChI=1S/C14H16ClF2N3/c1-3-20-5-4-19-14(20)8-13(18-2)9-6-12(17)10(15)7-11(9)16/h4-7,13,18H,3,8H2,1-2H3. The van der Waals surface area contributed by atoms with Gasteiger partial charge in [0.1, 0.15) is 17.5 Å². The Morgan fingerprint density at radius 1 is 1.35 bits per heavy atom. The summed E-state index contributed by atoms with van der Waals surface area (Å²) < 4.78 is 29.5. The van der Waals surface area contributed by atoms with Gasteiger partial charge in [-0.25, -0.2) is 13.8 Å². The third-order valence-electron chi connectivity index (χ3n) is 3.29. The lowest BCUT2D eigenvalue weighted by atomic mass is 10.0. The lowest BCUT2D eigenvalue weighted by molar-refractivity contribution is 0.506. The van der Waals surface area contributed by atoms with Crippen molar-refractivity contribution in [1.82, 2.24) is 14.9 Å². The average Bonchev–Trinajstić information content (AvgIpc) is 2.87. The quantitative estimate of drug-likeness (QED) is 0.858. The van der Waals surface area contributed by atoms with Crippen LogP contribution in [0.25, 0.3) is 0 Å². The number of benzene rings is 1. The van der Waals surface area contributed by atoms with E-state index in [-0.39, 0.29) is 16.6 Å². The fourth-order valence-electron chi connectivity index (χ4n) is 2.17. The highest BCUT2D eigenvalue weighted by Gasteiger charge is 2.19. The van der Waals surface area contributed by atoms with Crippen LogP contribution in [0, 0.1) is 11.6 Å². The predicted octanol–water partition coefficient (Wildman–Crippen LogP) is 3.34. The first-order valence-corrected chi connectivity index (χ1v) is 6.76. The van der Waals surface area contributed by atoms with Crippen molar-refractivity contribution < 1.29 is 8.78 Å². The number of imidazole rings is 1. The highest BCUT2D eigenvalue weighted by Crippen LogP contribution is 2.25. The molecule has 0 spiro atoms. The van der Waals surface area contributed by atoms with Gasteiger partial charge < -0.3 is 9.88 Å². The highest BCUT2D eigenvalue weighted by atomic mass is 35.5. The second-order valence-electron chi connectivity index (χ2n) is 4.46. The lowest BCUT2D eigenvalue weighted by Crippen LogP contribution is -2.22. The first kappa shape index (κ1) is 14.9. The summed E-state index contributed by atoms with van der Waals surface area (Å²) in [6, 6.07) is 1.77. The summed E-state index contributed by atoms with van der Waals surface area (Å²) in [7, 11) is 1.70. The number of aromatic nitrogens is 2. The van der Waals surface area contributed by atoms with Crippen molar-refractivity contribution >= 4 is 11.6 Å². The van der Waals surface area contributed by atoms with Crippen LogP contribution < -0.4 is 5.32 Å². The number of hydrogen-bond donors (Lipinski definition) is 1. The Hall–Kier alpha value is -1.46. The molecule has 3 nitrogen and oxygen atoms in total. The highest BCUT2D eigenvalue weighted by molar-refractivity contribution is 6.30. The van der Waals surface area contributed by atoms with Crippen LogP contribution in [-0.2, 0) is 13.0 Å². The van der Waals surface area contributed by atoms with Gasteiger partial charge in [-0.2, -0.15) is 0 Å². The van der Waals surface area contributed by atoms with Gasteiger partial charge in [0.25, 0.3) is 0 Å². The summed E-state index contributed by atoms with van der Waals surface area (Å²) in [6.07, 6.45) is 4.03. The summed E-state index contributed by atoms with van der Waals surface area (Å²) in [6.45, 7) is 2.78. The Labute approximate surface area is 121 Å². The molecule has 2 rings (SSSR count). The molecule has 0 amide bonds. The molecule has 1 atom stereocenters. The van der Waals surface area contributed by atoms with Crippen LogP contribution >= 0.6 is 11.6 Å². The van der Waals surface area contributed by atoms with Crippen molar-refractivity contribution in [2.75, 3.05) is 7.05 Å². The Morgan fingerprint density at radius 2 is 2.10 bits per heavy atom. The van der Waals surface area contributed by atoms with E-state index in [1.54, 1.807) is 13.2 Å². The molecule has 0 aliphatic rings. The molecule has 1 aromatic carbocycles. The van der Waals surface area contributed by atoms with Crippen molar-refractivity contribution in [1.29, 1.82) is 0 Å².